The maximum atomic E-state index is 11.7. The first-order valence-electron chi connectivity index (χ1n) is 7.14. The largest absolute Gasteiger partial charge is 0.392 e. The van der Waals surface area contributed by atoms with Crippen LogP contribution in [-0.2, 0) is 4.79 Å². The predicted octanol–water partition coefficient (Wildman–Crippen LogP) is 0.212. The molecule has 1 atom stereocenters. The van der Waals surface area contributed by atoms with Crippen LogP contribution >= 0.6 is 0 Å². The Morgan fingerprint density at radius 2 is 1.89 bits per heavy atom. The maximum absolute atomic E-state index is 11.7. The van der Waals surface area contributed by atoms with Gasteiger partial charge in [0.25, 0.3) is 0 Å². The molecule has 0 radical (unpaired) electrons. The zero-order valence-corrected chi connectivity index (χ0v) is 11.2. The van der Waals surface area contributed by atoms with Gasteiger partial charge in [-0.15, -0.1) is 0 Å². The van der Waals surface area contributed by atoms with E-state index in [4.69, 9.17) is 0 Å². The van der Waals surface area contributed by atoms with Crippen molar-refractivity contribution in [3.05, 3.63) is 0 Å². The number of carbonyl (C=O) groups is 2. The molecule has 2 fully saturated rings. The molecule has 6 nitrogen and oxygen atoms in total. The Balaban J connectivity index is 1.66. The molecule has 3 N–H and O–H groups in total. The monoisotopic (exact) mass is 269 g/mol. The van der Waals surface area contributed by atoms with E-state index >= 15 is 0 Å². The number of likely N-dealkylation sites (tertiary alicyclic amines) is 1. The number of β-amino-alcohol motifs (C(OH)–C–C–N with tert-alkyl or cyclic N) is 1. The molecule has 1 heterocycles. The first-order chi connectivity index (χ1) is 9.13. The van der Waals surface area contributed by atoms with Gasteiger partial charge in [-0.2, -0.15) is 0 Å². The van der Waals surface area contributed by atoms with Gasteiger partial charge in [-0.1, -0.05) is 12.8 Å². The van der Waals surface area contributed by atoms with Crippen molar-refractivity contribution in [1.29, 1.82) is 0 Å². The Morgan fingerprint density at radius 3 is 2.58 bits per heavy atom. The fraction of sp³-hybridized carbons (Fsp3) is 0.846. The smallest absolute Gasteiger partial charge is 0.321 e. The lowest BCUT2D eigenvalue weighted by molar-refractivity contribution is -0.121. The average Bonchev–Trinajstić information content (AvgIpc) is 2.81. The second kappa shape index (κ2) is 6.86. The quantitative estimate of drug-likeness (QED) is 0.684. The third-order valence-corrected chi connectivity index (χ3v) is 3.79. The number of nitrogens with one attached hydrogen (secondary N) is 2. The van der Waals surface area contributed by atoms with Crippen molar-refractivity contribution in [3.8, 4) is 0 Å². The van der Waals surface area contributed by atoms with Gasteiger partial charge in [-0.25, -0.2) is 4.79 Å². The molecule has 1 saturated carbocycles. The first kappa shape index (κ1) is 14.3. The zero-order valence-electron chi connectivity index (χ0n) is 11.2. The molecule has 2 aliphatic rings. The highest BCUT2D eigenvalue weighted by molar-refractivity contribution is 5.95. The minimum atomic E-state index is -0.394. The lowest BCUT2D eigenvalue weighted by Crippen LogP contribution is -2.49. The van der Waals surface area contributed by atoms with Crippen molar-refractivity contribution >= 4 is 11.9 Å². The van der Waals surface area contributed by atoms with Gasteiger partial charge in [0.2, 0.25) is 5.91 Å². The number of imide groups is 1. The van der Waals surface area contributed by atoms with Crippen molar-refractivity contribution in [2.24, 2.45) is 0 Å². The SMILES string of the molecule is O=C(CN1CCC[C@H](O)C1)NC(=O)NC1CCCC1. The molecule has 3 amide bonds. The summed E-state index contributed by atoms with van der Waals surface area (Å²) in [6.07, 6.45) is 5.62. The average molecular weight is 269 g/mol. The molecule has 0 spiro atoms. The van der Waals surface area contributed by atoms with Crippen molar-refractivity contribution < 1.29 is 14.7 Å². The van der Waals surface area contributed by atoms with E-state index in [0.717, 1.165) is 45.1 Å². The summed E-state index contributed by atoms with van der Waals surface area (Å²) in [5, 5.41) is 14.7. The molecule has 1 aliphatic heterocycles. The summed E-state index contributed by atoms with van der Waals surface area (Å²) in [6, 6.07) is -0.181. The molecule has 1 saturated heterocycles. The number of nitrogens with zero attached hydrogens (tertiary/aromatic N) is 1. The summed E-state index contributed by atoms with van der Waals surface area (Å²) in [4.78, 5) is 25.2. The van der Waals surface area contributed by atoms with Gasteiger partial charge in [-0.05, 0) is 32.2 Å². The van der Waals surface area contributed by atoms with E-state index in [-0.39, 0.29) is 24.6 Å². The molecule has 2 rings (SSSR count). The van der Waals surface area contributed by atoms with Gasteiger partial charge in [0.15, 0.2) is 0 Å². The minimum Gasteiger partial charge on any atom is -0.392 e. The van der Waals surface area contributed by atoms with Crippen LogP contribution < -0.4 is 10.6 Å². The molecule has 0 aromatic rings. The Kier molecular flexibility index (Phi) is 5.15. The van der Waals surface area contributed by atoms with Gasteiger partial charge in [-0.3, -0.25) is 15.0 Å². The van der Waals surface area contributed by atoms with Crippen LogP contribution in [0, 0.1) is 0 Å². The summed E-state index contributed by atoms with van der Waals surface area (Å²) >= 11 is 0. The number of aliphatic hydroxyl groups excluding tert-OH is 1. The van der Waals surface area contributed by atoms with E-state index < -0.39 is 6.03 Å². The summed E-state index contributed by atoms with van der Waals surface area (Å²) < 4.78 is 0. The molecule has 108 valence electrons. The van der Waals surface area contributed by atoms with Crippen LogP contribution in [0.4, 0.5) is 4.79 Å². The van der Waals surface area contributed by atoms with Crippen molar-refractivity contribution in [2.45, 2.75) is 50.7 Å². The molecule has 0 bridgehead atoms. The lowest BCUT2D eigenvalue weighted by Gasteiger charge is -2.29. The third kappa shape index (κ3) is 4.80. The summed E-state index contributed by atoms with van der Waals surface area (Å²) in [5.41, 5.74) is 0. The van der Waals surface area contributed by atoms with Gasteiger partial charge < -0.3 is 10.4 Å². The van der Waals surface area contributed by atoms with Crippen molar-refractivity contribution in [2.75, 3.05) is 19.6 Å². The summed E-state index contributed by atoms with van der Waals surface area (Å²) in [6.45, 7) is 1.49. The van der Waals surface area contributed by atoms with E-state index in [0.29, 0.717) is 6.54 Å². The molecule has 1 aliphatic carbocycles. The van der Waals surface area contributed by atoms with E-state index in [1.807, 2.05) is 4.90 Å². The molecule has 6 heteroatoms. The highest BCUT2D eigenvalue weighted by Crippen LogP contribution is 2.17. The number of amides is 3. The van der Waals surface area contributed by atoms with E-state index in [1.54, 1.807) is 0 Å². The predicted molar refractivity (Wildman–Crippen MR) is 70.6 cm³/mol. The number of piperidine rings is 1. The minimum absolute atomic E-state index is 0.176. The summed E-state index contributed by atoms with van der Waals surface area (Å²) in [7, 11) is 0. The second-order valence-corrected chi connectivity index (χ2v) is 5.53. The summed E-state index contributed by atoms with van der Waals surface area (Å²) in [5.74, 6) is -0.301. The standard InChI is InChI=1S/C13H23N3O3/c17-11-6-3-7-16(8-11)9-12(18)15-13(19)14-10-4-1-2-5-10/h10-11,17H,1-9H2,(H2,14,15,18,19)/t11-/m0/s1. The lowest BCUT2D eigenvalue weighted by atomic mass is 10.1. The van der Waals surface area contributed by atoms with Crippen LogP contribution in [0.15, 0.2) is 0 Å². The van der Waals surface area contributed by atoms with Crippen LogP contribution in [0.3, 0.4) is 0 Å². The number of hydrogen-bond donors (Lipinski definition) is 3. The van der Waals surface area contributed by atoms with Crippen molar-refractivity contribution in [3.63, 3.8) is 0 Å². The van der Waals surface area contributed by atoms with Crippen LogP contribution in [0.5, 0.6) is 0 Å². The fourth-order valence-electron chi connectivity index (χ4n) is 2.84. The zero-order chi connectivity index (χ0) is 13.7. The van der Waals surface area contributed by atoms with Gasteiger partial charge in [0.05, 0.1) is 12.6 Å². The highest BCUT2D eigenvalue weighted by atomic mass is 16.3. The molecule has 0 aromatic carbocycles. The molecular formula is C13H23N3O3. The van der Waals surface area contributed by atoms with Crippen molar-refractivity contribution in [1.82, 2.24) is 15.5 Å². The molecule has 0 aromatic heterocycles. The van der Waals surface area contributed by atoms with E-state index in [2.05, 4.69) is 10.6 Å². The van der Waals surface area contributed by atoms with E-state index in [9.17, 15) is 14.7 Å². The number of rotatable bonds is 3. The number of hydrogen-bond acceptors (Lipinski definition) is 4. The van der Waals surface area contributed by atoms with Gasteiger partial charge in [0.1, 0.15) is 0 Å². The number of aliphatic hydroxyl groups is 1. The van der Waals surface area contributed by atoms with Crippen LogP contribution in [-0.4, -0.2) is 53.7 Å². The molecular weight excluding hydrogens is 246 g/mol. The fourth-order valence-corrected chi connectivity index (χ4v) is 2.84. The van der Waals surface area contributed by atoms with Crippen LogP contribution in [0.2, 0.25) is 0 Å². The molecule has 0 unspecified atom stereocenters. The topological polar surface area (TPSA) is 81.7 Å². The Labute approximate surface area is 113 Å². The number of urea groups is 1. The van der Waals surface area contributed by atoms with Crippen LogP contribution in [0.1, 0.15) is 38.5 Å². The second-order valence-electron chi connectivity index (χ2n) is 5.53. The third-order valence-electron chi connectivity index (χ3n) is 3.79. The highest BCUT2D eigenvalue weighted by Gasteiger charge is 2.22. The van der Waals surface area contributed by atoms with Gasteiger partial charge >= 0.3 is 6.03 Å². The first-order valence-corrected chi connectivity index (χ1v) is 7.14. The Morgan fingerprint density at radius 1 is 1.16 bits per heavy atom. The van der Waals surface area contributed by atoms with Gasteiger partial charge in [0, 0.05) is 12.6 Å². The maximum Gasteiger partial charge on any atom is 0.321 e. The number of carbonyl (C=O) groups excluding carboxylic acids is 2. The normalized spacial score (nSPS) is 25.2. The molecule has 19 heavy (non-hydrogen) atoms. The van der Waals surface area contributed by atoms with E-state index in [1.165, 1.54) is 0 Å². The van der Waals surface area contributed by atoms with Crippen LogP contribution in [0.25, 0.3) is 0 Å². The Bertz CT molecular complexity index is 329. The Hall–Kier alpha value is -1.14.